The van der Waals surface area contributed by atoms with Crippen molar-refractivity contribution in [2.24, 2.45) is 0 Å². The first kappa shape index (κ1) is 11.7. The van der Waals surface area contributed by atoms with E-state index in [0.717, 1.165) is 5.56 Å². The Morgan fingerprint density at radius 1 is 1.06 bits per heavy atom. The van der Waals surface area contributed by atoms with Crippen molar-refractivity contribution in [1.29, 1.82) is 0 Å². The molecule has 0 atom stereocenters. The van der Waals surface area contributed by atoms with E-state index >= 15 is 0 Å². The maximum Gasteiger partial charge on any atom is 0.203 e. The monoisotopic (exact) mass is 244 g/mol. The van der Waals surface area contributed by atoms with Gasteiger partial charge in [-0.3, -0.25) is 9.59 Å². The van der Waals surface area contributed by atoms with E-state index in [0.29, 0.717) is 16.0 Å². The molecule has 2 nitrogen and oxygen atoms in total. The van der Waals surface area contributed by atoms with Crippen molar-refractivity contribution in [2.45, 2.75) is 13.8 Å². The number of carbonyl (C=O) groups is 2. The Morgan fingerprint density at radius 3 is 2.35 bits per heavy atom. The van der Waals surface area contributed by atoms with Gasteiger partial charge in [-0.2, -0.15) is 0 Å². The third-order valence-electron chi connectivity index (χ3n) is 2.70. The highest BCUT2D eigenvalue weighted by molar-refractivity contribution is 7.12. The number of rotatable bonds is 3. The van der Waals surface area contributed by atoms with Gasteiger partial charge in [-0.05, 0) is 30.9 Å². The van der Waals surface area contributed by atoms with E-state index < -0.39 is 0 Å². The van der Waals surface area contributed by atoms with Gasteiger partial charge in [-0.1, -0.05) is 24.3 Å². The standard InChI is InChI=1S/C14H12O2S/c1-9-11(10(2)15)5-3-6-12(9)14(16)13-7-4-8-17-13/h3-8H,1-2H3. The van der Waals surface area contributed by atoms with Gasteiger partial charge >= 0.3 is 0 Å². The van der Waals surface area contributed by atoms with Gasteiger partial charge in [0, 0.05) is 11.1 Å². The Kier molecular flexibility index (Phi) is 3.20. The minimum atomic E-state index is -0.0133. The van der Waals surface area contributed by atoms with Crippen molar-refractivity contribution in [2.75, 3.05) is 0 Å². The van der Waals surface area contributed by atoms with Crippen molar-refractivity contribution < 1.29 is 9.59 Å². The van der Waals surface area contributed by atoms with Crippen LogP contribution in [-0.4, -0.2) is 11.6 Å². The summed E-state index contributed by atoms with van der Waals surface area (Å²) in [4.78, 5) is 24.3. The minimum absolute atomic E-state index is 0.0108. The van der Waals surface area contributed by atoms with Crippen LogP contribution in [0.1, 0.15) is 38.1 Å². The quantitative estimate of drug-likeness (QED) is 0.774. The van der Waals surface area contributed by atoms with Crippen LogP contribution in [-0.2, 0) is 0 Å². The predicted octanol–water partition coefficient (Wildman–Crippen LogP) is 3.49. The van der Waals surface area contributed by atoms with E-state index in [4.69, 9.17) is 0 Å². The SMILES string of the molecule is CC(=O)c1cccc(C(=O)c2cccs2)c1C. The first-order valence-corrected chi connectivity index (χ1v) is 6.18. The molecule has 0 aliphatic heterocycles. The number of carbonyl (C=O) groups excluding carboxylic acids is 2. The van der Waals surface area contributed by atoms with E-state index in [1.165, 1.54) is 18.3 Å². The fraction of sp³-hybridized carbons (Fsp3) is 0.143. The van der Waals surface area contributed by atoms with Gasteiger partial charge in [0.15, 0.2) is 5.78 Å². The zero-order chi connectivity index (χ0) is 12.4. The number of hydrogen-bond acceptors (Lipinski definition) is 3. The topological polar surface area (TPSA) is 34.1 Å². The third kappa shape index (κ3) is 2.19. The first-order chi connectivity index (χ1) is 8.11. The molecule has 0 fully saturated rings. The molecule has 0 aliphatic carbocycles. The van der Waals surface area contributed by atoms with E-state index in [1.54, 1.807) is 24.3 Å². The molecule has 0 bridgehead atoms. The average Bonchev–Trinajstić information content (AvgIpc) is 2.81. The number of thiophene rings is 1. The van der Waals surface area contributed by atoms with Crippen LogP contribution >= 0.6 is 11.3 Å². The summed E-state index contributed by atoms with van der Waals surface area (Å²) >= 11 is 1.41. The van der Waals surface area contributed by atoms with Crippen LogP contribution in [0.25, 0.3) is 0 Å². The minimum Gasteiger partial charge on any atom is -0.295 e. The lowest BCUT2D eigenvalue weighted by molar-refractivity contribution is 0.101. The molecule has 1 aromatic heterocycles. The summed E-state index contributed by atoms with van der Waals surface area (Å²) in [7, 11) is 0. The van der Waals surface area contributed by atoms with Crippen molar-refractivity contribution in [3.05, 3.63) is 57.3 Å². The highest BCUT2D eigenvalue weighted by Gasteiger charge is 2.15. The average molecular weight is 244 g/mol. The molecule has 2 rings (SSSR count). The molecule has 0 radical (unpaired) electrons. The zero-order valence-electron chi connectivity index (χ0n) is 9.69. The summed E-state index contributed by atoms with van der Waals surface area (Å²) in [6.45, 7) is 3.33. The fourth-order valence-corrected chi connectivity index (χ4v) is 2.48. The molecule has 0 aliphatic rings. The summed E-state index contributed by atoms with van der Waals surface area (Å²) in [6, 6.07) is 8.92. The number of hydrogen-bond donors (Lipinski definition) is 0. The Hall–Kier alpha value is -1.74. The molecule has 0 spiro atoms. The normalized spacial score (nSPS) is 10.2. The maximum atomic E-state index is 12.2. The lowest BCUT2D eigenvalue weighted by atomic mass is 9.97. The van der Waals surface area contributed by atoms with Crippen LogP contribution in [0.4, 0.5) is 0 Å². The maximum absolute atomic E-state index is 12.2. The van der Waals surface area contributed by atoms with E-state index in [-0.39, 0.29) is 11.6 Å². The number of benzene rings is 1. The molecule has 0 N–H and O–H groups in total. The second kappa shape index (κ2) is 4.63. The largest absolute Gasteiger partial charge is 0.295 e. The Bertz CT molecular complexity index is 568. The smallest absolute Gasteiger partial charge is 0.203 e. The van der Waals surface area contributed by atoms with E-state index in [1.807, 2.05) is 18.4 Å². The highest BCUT2D eigenvalue weighted by Crippen LogP contribution is 2.20. The first-order valence-electron chi connectivity index (χ1n) is 5.30. The van der Waals surface area contributed by atoms with E-state index in [2.05, 4.69) is 0 Å². The number of ketones is 2. The zero-order valence-corrected chi connectivity index (χ0v) is 10.5. The lowest BCUT2D eigenvalue weighted by Gasteiger charge is -2.07. The summed E-state index contributed by atoms with van der Waals surface area (Å²) in [5.41, 5.74) is 1.99. The van der Waals surface area contributed by atoms with Crippen molar-refractivity contribution >= 4 is 22.9 Å². The molecule has 3 heteroatoms. The van der Waals surface area contributed by atoms with Gasteiger partial charge < -0.3 is 0 Å². The molecule has 2 aromatic rings. The van der Waals surface area contributed by atoms with Crippen LogP contribution in [0.15, 0.2) is 35.7 Å². The molecule has 1 heterocycles. The summed E-state index contributed by atoms with van der Waals surface area (Å²) in [5.74, 6) is -0.0241. The molecule has 0 saturated heterocycles. The van der Waals surface area contributed by atoms with Gasteiger partial charge in [0.1, 0.15) is 0 Å². The summed E-state index contributed by atoms with van der Waals surface area (Å²) in [6.07, 6.45) is 0. The van der Waals surface area contributed by atoms with Gasteiger partial charge in [0.2, 0.25) is 5.78 Å². The molecule has 17 heavy (non-hydrogen) atoms. The molecular formula is C14H12O2S. The van der Waals surface area contributed by atoms with Gasteiger partial charge in [-0.15, -0.1) is 11.3 Å². The van der Waals surface area contributed by atoms with Gasteiger partial charge in [-0.25, -0.2) is 0 Å². The highest BCUT2D eigenvalue weighted by atomic mass is 32.1. The van der Waals surface area contributed by atoms with E-state index in [9.17, 15) is 9.59 Å². The third-order valence-corrected chi connectivity index (χ3v) is 3.57. The molecule has 0 saturated carbocycles. The van der Waals surface area contributed by atoms with Gasteiger partial charge in [0.05, 0.1) is 4.88 Å². The van der Waals surface area contributed by atoms with Crippen LogP contribution in [0.2, 0.25) is 0 Å². The van der Waals surface area contributed by atoms with Crippen LogP contribution in [0.5, 0.6) is 0 Å². The molecule has 0 amide bonds. The Balaban J connectivity index is 2.50. The van der Waals surface area contributed by atoms with Crippen molar-refractivity contribution in [1.82, 2.24) is 0 Å². The Morgan fingerprint density at radius 2 is 1.76 bits per heavy atom. The second-order valence-corrected chi connectivity index (χ2v) is 4.79. The molecular weight excluding hydrogens is 232 g/mol. The predicted molar refractivity (Wildman–Crippen MR) is 68.9 cm³/mol. The summed E-state index contributed by atoms with van der Waals surface area (Å²) < 4.78 is 0. The Labute approximate surface area is 104 Å². The van der Waals surface area contributed by atoms with Gasteiger partial charge in [0.25, 0.3) is 0 Å². The van der Waals surface area contributed by atoms with Crippen LogP contribution in [0.3, 0.4) is 0 Å². The van der Waals surface area contributed by atoms with Crippen LogP contribution in [0, 0.1) is 6.92 Å². The second-order valence-electron chi connectivity index (χ2n) is 3.84. The van der Waals surface area contributed by atoms with Crippen LogP contribution < -0.4 is 0 Å². The van der Waals surface area contributed by atoms with Crippen molar-refractivity contribution in [3.63, 3.8) is 0 Å². The lowest BCUT2D eigenvalue weighted by Crippen LogP contribution is -2.06. The molecule has 86 valence electrons. The number of Topliss-reactive ketones (excluding diaryl/α,β-unsaturated/α-hetero) is 1. The molecule has 0 unspecified atom stereocenters. The fourth-order valence-electron chi connectivity index (χ4n) is 1.80. The summed E-state index contributed by atoms with van der Waals surface area (Å²) in [5, 5.41) is 1.87. The van der Waals surface area contributed by atoms with Crippen molar-refractivity contribution in [3.8, 4) is 0 Å². The molecule has 1 aromatic carbocycles.